The van der Waals surface area contributed by atoms with E-state index in [4.69, 9.17) is 0 Å². The van der Waals surface area contributed by atoms with Crippen molar-refractivity contribution in [3.05, 3.63) is 5.69 Å². The van der Waals surface area contributed by atoms with E-state index in [9.17, 15) is 9.90 Å². The van der Waals surface area contributed by atoms with Gasteiger partial charge in [0.25, 0.3) is 5.69 Å². The standard InChI is InChI=1S/C8H10N2O2S/c1-9-6(5-11)7(12)10-3-2-4-13-8(9)10/h5H,2-4H2,1H3/p+1. The molecule has 0 aromatic carbocycles. The summed E-state index contributed by atoms with van der Waals surface area (Å²) < 4.78 is 3.53. The Balaban J connectivity index is 2.62. The molecule has 0 bridgehead atoms. The molecular formula is C8H11N2O2S+. The van der Waals surface area contributed by atoms with Crippen LogP contribution in [0, 0.1) is 0 Å². The third kappa shape index (κ3) is 1.14. The molecule has 0 saturated heterocycles. The molecule has 2 rings (SSSR count). The maximum absolute atomic E-state index is 10.7. The summed E-state index contributed by atoms with van der Waals surface area (Å²) in [5, 5.41) is 10.6. The number of carbonyl (C=O) groups excluding carboxylic acids is 1. The minimum absolute atomic E-state index is 0.0969. The first kappa shape index (κ1) is 8.62. The maximum atomic E-state index is 10.7. The lowest BCUT2D eigenvalue weighted by molar-refractivity contribution is -0.739. The van der Waals surface area contributed by atoms with Crippen LogP contribution in [0.3, 0.4) is 0 Å². The van der Waals surface area contributed by atoms with Crippen molar-refractivity contribution >= 4 is 18.0 Å². The van der Waals surface area contributed by atoms with Crippen LogP contribution in [0.25, 0.3) is 0 Å². The number of hydrogen-bond donors (Lipinski definition) is 1. The largest absolute Gasteiger partial charge is 0.475 e. The van der Waals surface area contributed by atoms with Crippen LogP contribution in [0.1, 0.15) is 16.9 Å². The van der Waals surface area contributed by atoms with Crippen molar-refractivity contribution in [3.63, 3.8) is 0 Å². The number of hydrogen-bond acceptors (Lipinski definition) is 3. The lowest BCUT2D eigenvalue weighted by Crippen LogP contribution is -2.38. The van der Waals surface area contributed by atoms with Gasteiger partial charge >= 0.3 is 11.0 Å². The molecule has 0 unspecified atom stereocenters. The highest BCUT2D eigenvalue weighted by Crippen LogP contribution is 2.25. The second-order valence-electron chi connectivity index (χ2n) is 3.02. The zero-order valence-corrected chi connectivity index (χ0v) is 8.17. The van der Waals surface area contributed by atoms with Gasteiger partial charge in [0.05, 0.1) is 13.6 Å². The van der Waals surface area contributed by atoms with E-state index in [2.05, 4.69) is 0 Å². The first-order valence-corrected chi connectivity index (χ1v) is 5.13. The van der Waals surface area contributed by atoms with Crippen molar-refractivity contribution in [2.45, 2.75) is 18.1 Å². The highest BCUT2D eigenvalue weighted by Gasteiger charge is 2.30. The maximum Gasteiger partial charge on any atom is 0.334 e. The molecule has 5 heteroatoms. The van der Waals surface area contributed by atoms with Crippen LogP contribution in [0.15, 0.2) is 5.16 Å². The van der Waals surface area contributed by atoms with E-state index in [1.54, 1.807) is 27.9 Å². The van der Waals surface area contributed by atoms with E-state index in [1.807, 2.05) is 0 Å². The van der Waals surface area contributed by atoms with E-state index in [-0.39, 0.29) is 5.88 Å². The lowest BCUT2D eigenvalue weighted by atomic mass is 10.4. The van der Waals surface area contributed by atoms with Crippen LogP contribution in [-0.4, -0.2) is 21.7 Å². The molecule has 0 aliphatic carbocycles. The minimum atomic E-state index is 0.0969. The summed E-state index contributed by atoms with van der Waals surface area (Å²) in [6.45, 7) is 0.801. The van der Waals surface area contributed by atoms with Crippen molar-refractivity contribution in [1.82, 2.24) is 4.57 Å². The molecule has 0 radical (unpaired) electrons. The first-order chi connectivity index (χ1) is 6.25. The van der Waals surface area contributed by atoms with Gasteiger partial charge in [-0.2, -0.15) is 4.57 Å². The fraction of sp³-hybridized carbons (Fsp3) is 0.500. The zero-order valence-electron chi connectivity index (χ0n) is 7.36. The number of imidazole rings is 1. The monoisotopic (exact) mass is 199 g/mol. The number of rotatable bonds is 1. The van der Waals surface area contributed by atoms with Crippen LogP contribution in [-0.2, 0) is 13.6 Å². The Labute approximate surface area is 80.2 Å². The molecule has 1 aliphatic rings. The van der Waals surface area contributed by atoms with Crippen molar-refractivity contribution in [2.24, 2.45) is 7.05 Å². The number of aromatic hydroxyl groups is 1. The Bertz CT molecular complexity index is 330. The van der Waals surface area contributed by atoms with Crippen LogP contribution in [0.2, 0.25) is 0 Å². The summed E-state index contributed by atoms with van der Waals surface area (Å²) in [7, 11) is 1.80. The van der Waals surface area contributed by atoms with Gasteiger partial charge in [-0.1, -0.05) is 0 Å². The van der Waals surface area contributed by atoms with E-state index < -0.39 is 0 Å². The first-order valence-electron chi connectivity index (χ1n) is 4.15. The fourth-order valence-corrected chi connectivity index (χ4v) is 2.64. The number of thioether (sulfide) groups is 1. The lowest BCUT2D eigenvalue weighted by Gasteiger charge is -2.06. The molecule has 2 heterocycles. The Morgan fingerprint density at radius 1 is 1.69 bits per heavy atom. The quantitative estimate of drug-likeness (QED) is 0.523. The number of nitrogens with zero attached hydrogens (tertiary/aromatic N) is 2. The molecule has 1 aromatic heterocycles. The van der Waals surface area contributed by atoms with Gasteiger partial charge in [-0.25, -0.2) is 4.57 Å². The SMILES string of the molecule is Cn1c(C=O)c(O)[n+]2c1SCCC2. The number of aldehydes is 1. The Morgan fingerprint density at radius 2 is 2.46 bits per heavy atom. The molecule has 70 valence electrons. The molecule has 4 nitrogen and oxygen atoms in total. The Morgan fingerprint density at radius 3 is 3.08 bits per heavy atom. The molecule has 1 aromatic rings. The van der Waals surface area contributed by atoms with Crippen molar-refractivity contribution in [2.75, 3.05) is 5.75 Å². The minimum Gasteiger partial charge on any atom is -0.475 e. The molecule has 0 saturated carbocycles. The predicted molar refractivity (Wildman–Crippen MR) is 48.0 cm³/mol. The van der Waals surface area contributed by atoms with Gasteiger partial charge in [0.15, 0.2) is 6.29 Å². The zero-order chi connectivity index (χ0) is 9.42. The molecule has 0 spiro atoms. The highest BCUT2D eigenvalue weighted by atomic mass is 32.2. The van der Waals surface area contributed by atoms with Crippen LogP contribution < -0.4 is 4.57 Å². The van der Waals surface area contributed by atoms with E-state index in [0.29, 0.717) is 12.0 Å². The molecule has 1 aliphatic heterocycles. The summed E-state index contributed by atoms with van der Waals surface area (Å²) in [6, 6.07) is 0. The molecule has 13 heavy (non-hydrogen) atoms. The van der Waals surface area contributed by atoms with E-state index in [0.717, 1.165) is 23.9 Å². The van der Waals surface area contributed by atoms with Crippen molar-refractivity contribution in [1.29, 1.82) is 0 Å². The van der Waals surface area contributed by atoms with Crippen LogP contribution >= 0.6 is 11.8 Å². The van der Waals surface area contributed by atoms with Crippen molar-refractivity contribution < 1.29 is 14.5 Å². The summed E-state index contributed by atoms with van der Waals surface area (Å²) in [5.41, 5.74) is 0.365. The molecule has 1 N–H and O–H groups in total. The summed E-state index contributed by atoms with van der Waals surface area (Å²) in [5.74, 6) is 1.15. The summed E-state index contributed by atoms with van der Waals surface area (Å²) in [6.07, 6.45) is 1.74. The normalized spacial score (nSPS) is 15.5. The summed E-state index contributed by atoms with van der Waals surface area (Å²) >= 11 is 1.67. The number of carbonyl (C=O) groups is 1. The van der Waals surface area contributed by atoms with Crippen LogP contribution in [0.4, 0.5) is 0 Å². The molecular weight excluding hydrogens is 188 g/mol. The van der Waals surface area contributed by atoms with Crippen molar-refractivity contribution in [3.8, 4) is 5.88 Å². The third-order valence-electron chi connectivity index (χ3n) is 2.23. The smallest absolute Gasteiger partial charge is 0.334 e. The Kier molecular flexibility index (Phi) is 2.03. The Hall–Kier alpha value is -0.970. The van der Waals surface area contributed by atoms with Gasteiger partial charge in [0.2, 0.25) is 0 Å². The van der Waals surface area contributed by atoms with Gasteiger partial charge in [-0.15, -0.1) is 0 Å². The predicted octanol–water partition coefficient (Wildman–Crippen LogP) is 0.326. The molecule has 0 atom stereocenters. The third-order valence-corrected chi connectivity index (χ3v) is 3.48. The van der Waals surface area contributed by atoms with E-state index in [1.165, 1.54) is 0 Å². The van der Waals surface area contributed by atoms with E-state index >= 15 is 0 Å². The highest BCUT2D eigenvalue weighted by molar-refractivity contribution is 7.99. The number of fused-ring (bicyclic) bond motifs is 1. The average Bonchev–Trinajstić information content (AvgIpc) is 2.41. The average molecular weight is 199 g/mol. The van der Waals surface area contributed by atoms with Gasteiger partial charge < -0.3 is 5.11 Å². The van der Waals surface area contributed by atoms with Gasteiger partial charge in [0.1, 0.15) is 0 Å². The molecule has 0 fully saturated rings. The van der Waals surface area contributed by atoms with Crippen LogP contribution in [0.5, 0.6) is 5.88 Å². The number of aromatic nitrogens is 2. The van der Waals surface area contributed by atoms with Gasteiger partial charge in [0, 0.05) is 5.75 Å². The topological polar surface area (TPSA) is 46.1 Å². The summed E-state index contributed by atoms with van der Waals surface area (Å²) in [4.78, 5) is 10.7. The second-order valence-corrected chi connectivity index (χ2v) is 4.08. The second kappa shape index (κ2) is 3.06. The fourth-order valence-electron chi connectivity index (χ4n) is 1.56. The molecule has 0 amide bonds. The van der Waals surface area contributed by atoms with Gasteiger partial charge in [-0.05, 0) is 18.2 Å². The van der Waals surface area contributed by atoms with Gasteiger partial charge in [-0.3, -0.25) is 4.79 Å².